The monoisotopic (exact) mass is 269 g/mol. The zero-order chi connectivity index (χ0) is 14.4. The number of hydrogen-bond acceptors (Lipinski definition) is 4. The topological polar surface area (TPSA) is 81.2 Å². The van der Waals surface area contributed by atoms with E-state index in [1.807, 2.05) is 24.3 Å². The molecule has 0 aliphatic heterocycles. The van der Waals surface area contributed by atoms with E-state index in [1.54, 1.807) is 13.0 Å². The minimum absolute atomic E-state index is 0.210. The summed E-state index contributed by atoms with van der Waals surface area (Å²) in [5.74, 6) is 5.67. The van der Waals surface area contributed by atoms with Crippen molar-refractivity contribution in [3.63, 3.8) is 0 Å². The van der Waals surface area contributed by atoms with Crippen molar-refractivity contribution in [1.82, 2.24) is 10.5 Å². The van der Waals surface area contributed by atoms with Gasteiger partial charge in [-0.2, -0.15) is 0 Å². The Hall–Kier alpha value is -2.58. The molecule has 0 bridgehead atoms. The first-order valence-corrected chi connectivity index (χ1v) is 6.18. The molecule has 5 nitrogen and oxygen atoms in total. The minimum Gasteiger partial charge on any atom is -0.351 e. The molecule has 0 saturated heterocycles. The van der Waals surface area contributed by atoms with Crippen LogP contribution in [0, 0.1) is 18.8 Å². The Morgan fingerprint density at radius 1 is 1.45 bits per heavy atom. The summed E-state index contributed by atoms with van der Waals surface area (Å²) in [6.07, 6.45) is 0. The molecule has 2 aromatic rings. The molecule has 1 amide bonds. The highest BCUT2D eigenvalue weighted by atomic mass is 16.5. The van der Waals surface area contributed by atoms with Gasteiger partial charge in [-0.25, -0.2) is 0 Å². The number of amides is 1. The maximum atomic E-state index is 11.8. The molecule has 0 saturated carbocycles. The van der Waals surface area contributed by atoms with Crippen molar-refractivity contribution >= 4 is 5.91 Å². The number of nitrogens with one attached hydrogen (secondary N) is 1. The third-order valence-electron chi connectivity index (χ3n) is 2.57. The van der Waals surface area contributed by atoms with Crippen LogP contribution in [0.3, 0.4) is 0 Å². The number of hydrogen-bond donors (Lipinski definition) is 2. The molecule has 0 atom stereocenters. The smallest absolute Gasteiger partial charge is 0.290 e. The van der Waals surface area contributed by atoms with Crippen LogP contribution >= 0.6 is 0 Å². The summed E-state index contributed by atoms with van der Waals surface area (Å²) < 4.78 is 4.89. The Labute approximate surface area is 117 Å². The highest BCUT2D eigenvalue weighted by molar-refractivity contribution is 5.91. The average Bonchev–Trinajstić information content (AvgIpc) is 2.90. The third-order valence-corrected chi connectivity index (χ3v) is 2.57. The molecule has 0 aliphatic carbocycles. The van der Waals surface area contributed by atoms with Gasteiger partial charge in [0.2, 0.25) is 5.76 Å². The Balaban J connectivity index is 1.98. The molecule has 1 heterocycles. The first kappa shape index (κ1) is 13.8. The Morgan fingerprint density at radius 2 is 2.30 bits per heavy atom. The zero-order valence-corrected chi connectivity index (χ0v) is 11.1. The van der Waals surface area contributed by atoms with Gasteiger partial charge < -0.3 is 15.6 Å². The van der Waals surface area contributed by atoms with Crippen LogP contribution in [0.4, 0.5) is 0 Å². The summed E-state index contributed by atoms with van der Waals surface area (Å²) in [6.45, 7) is 2.49. The fourth-order valence-electron chi connectivity index (χ4n) is 1.65. The SMILES string of the molecule is Cc1cc(C(=O)NCc2cccc(C#CCN)c2)on1. The number of aromatic nitrogens is 1. The van der Waals surface area contributed by atoms with E-state index in [4.69, 9.17) is 10.3 Å². The predicted molar refractivity (Wildman–Crippen MR) is 74.8 cm³/mol. The van der Waals surface area contributed by atoms with Crippen LogP contribution in [0.25, 0.3) is 0 Å². The Kier molecular flexibility index (Phi) is 4.53. The minimum atomic E-state index is -0.288. The van der Waals surface area contributed by atoms with Crippen molar-refractivity contribution < 1.29 is 9.32 Å². The summed E-state index contributed by atoms with van der Waals surface area (Å²) in [7, 11) is 0. The van der Waals surface area contributed by atoms with E-state index in [0.29, 0.717) is 18.8 Å². The quantitative estimate of drug-likeness (QED) is 0.821. The standard InChI is InChI=1S/C15H15N3O2/c1-11-8-14(20-18-11)15(19)17-10-13-5-2-4-12(9-13)6-3-7-16/h2,4-5,8-9H,7,10,16H2,1H3,(H,17,19). The molecule has 0 spiro atoms. The van der Waals surface area contributed by atoms with Gasteiger partial charge in [-0.05, 0) is 24.6 Å². The van der Waals surface area contributed by atoms with Gasteiger partial charge in [0.15, 0.2) is 0 Å². The van der Waals surface area contributed by atoms with Gasteiger partial charge in [0.25, 0.3) is 5.91 Å². The van der Waals surface area contributed by atoms with Crippen LogP contribution in [0.5, 0.6) is 0 Å². The van der Waals surface area contributed by atoms with Crippen molar-refractivity contribution in [3.8, 4) is 11.8 Å². The number of nitrogens with zero attached hydrogens (tertiary/aromatic N) is 1. The van der Waals surface area contributed by atoms with E-state index in [9.17, 15) is 4.79 Å². The molecule has 1 aromatic carbocycles. The Bertz CT molecular complexity index is 665. The second kappa shape index (κ2) is 6.55. The summed E-state index contributed by atoms with van der Waals surface area (Å²) in [5.41, 5.74) is 7.84. The summed E-state index contributed by atoms with van der Waals surface area (Å²) in [6, 6.07) is 9.21. The van der Waals surface area contributed by atoms with Crippen LogP contribution in [0.15, 0.2) is 34.9 Å². The van der Waals surface area contributed by atoms with Crippen molar-refractivity contribution in [1.29, 1.82) is 0 Å². The van der Waals surface area contributed by atoms with Gasteiger partial charge in [0, 0.05) is 18.2 Å². The number of aryl methyl sites for hydroxylation is 1. The number of carbonyl (C=O) groups excluding carboxylic acids is 1. The molecule has 0 aliphatic rings. The van der Waals surface area contributed by atoms with Crippen LogP contribution < -0.4 is 11.1 Å². The number of benzene rings is 1. The molecule has 3 N–H and O–H groups in total. The summed E-state index contributed by atoms with van der Waals surface area (Å²) >= 11 is 0. The van der Waals surface area contributed by atoms with Gasteiger partial charge in [-0.1, -0.05) is 29.1 Å². The lowest BCUT2D eigenvalue weighted by atomic mass is 10.1. The first-order valence-electron chi connectivity index (χ1n) is 6.18. The van der Waals surface area contributed by atoms with Crippen LogP contribution in [-0.2, 0) is 6.54 Å². The highest BCUT2D eigenvalue weighted by Gasteiger charge is 2.10. The zero-order valence-electron chi connectivity index (χ0n) is 11.1. The van der Waals surface area contributed by atoms with Crippen LogP contribution in [0.2, 0.25) is 0 Å². The second-order valence-corrected chi connectivity index (χ2v) is 4.22. The molecular formula is C15H15N3O2. The first-order chi connectivity index (χ1) is 9.69. The number of carbonyl (C=O) groups is 1. The van der Waals surface area contributed by atoms with E-state index in [1.165, 1.54) is 0 Å². The lowest BCUT2D eigenvalue weighted by molar-refractivity contribution is 0.0914. The maximum Gasteiger partial charge on any atom is 0.290 e. The van der Waals surface area contributed by atoms with E-state index in [-0.39, 0.29) is 11.7 Å². The highest BCUT2D eigenvalue weighted by Crippen LogP contribution is 2.06. The fraction of sp³-hybridized carbons (Fsp3) is 0.200. The van der Waals surface area contributed by atoms with Gasteiger partial charge in [-0.15, -0.1) is 0 Å². The Morgan fingerprint density at radius 3 is 3.00 bits per heavy atom. The molecule has 2 rings (SSSR count). The molecule has 0 radical (unpaired) electrons. The van der Waals surface area contributed by atoms with Crippen LogP contribution in [-0.4, -0.2) is 17.6 Å². The van der Waals surface area contributed by atoms with Gasteiger partial charge in [0.05, 0.1) is 12.2 Å². The lowest BCUT2D eigenvalue weighted by Crippen LogP contribution is -2.22. The normalized spacial score (nSPS) is 9.70. The number of rotatable bonds is 3. The largest absolute Gasteiger partial charge is 0.351 e. The van der Waals surface area contributed by atoms with Crippen LogP contribution in [0.1, 0.15) is 27.4 Å². The number of nitrogens with two attached hydrogens (primary N) is 1. The van der Waals surface area contributed by atoms with E-state index >= 15 is 0 Å². The van der Waals surface area contributed by atoms with Crippen molar-refractivity contribution in [3.05, 3.63) is 52.9 Å². The van der Waals surface area contributed by atoms with E-state index in [2.05, 4.69) is 22.3 Å². The second-order valence-electron chi connectivity index (χ2n) is 4.22. The molecule has 102 valence electrons. The summed E-state index contributed by atoms with van der Waals surface area (Å²) in [5, 5.41) is 6.44. The van der Waals surface area contributed by atoms with E-state index < -0.39 is 0 Å². The van der Waals surface area contributed by atoms with Crippen molar-refractivity contribution in [2.24, 2.45) is 5.73 Å². The van der Waals surface area contributed by atoms with E-state index in [0.717, 1.165) is 11.1 Å². The molecule has 0 fully saturated rings. The predicted octanol–water partition coefficient (Wildman–Crippen LogP) is 1.22. The lowest BCUT2D eigenvalue weighted by Gasteiger charge is -2.03. The van der Waals surface area contributed by atoms with Gasteiger partial charge in [-0.3, -0.25) is 4.79 Å². The molecule has 5 heteroatoms. The maximum absolute atomic E-state index is 11.8. The molecule has 1 aromatic heterocycles. The molecule has 20 heavy (non-hydrogen) atoms. The van der Waals surface area contributed by atoms with Gasteiger partial charge >= 0.3 is 0 Å². The summed E-state index contributed by atoms with van der Waals surface area (Å²) in [4.78, 5) is 11.8. The average molecular weight is 269 g/mol. The third kappa shape index (κ3) is 3.70. The fourth-order valence-corrected chi connectivity index (χ4v) is 1.65. The van der Waals surface area contributed by atoms with Gasteiger partial charge in [0.1, 0.15) is 0 Å². The molecular weight excluding hydrogens is 254 g/mol. The van der Waals surface area contributed by atoms with Crippen molar-refractivity contribution in [2.75, 3.05) is 6.54 Å². The molecule has 0 unspecified atom stereocenters. The van der Waals surface area contributed by atoms with Crippen molar-refractivity contribution in [2.45, 2.75) is 13.5 Å².